The summed E-state index contributed by atoms with van der Waals surface area (Å²) in [6, 6.07) is 7.29. The van der Waals surface area contributed by atoms with Crippen LogP contribution in [0, 0.1) is 11.6 Å². The summed E-state index contributed by atoms with van der Waals surface area (Å²) >= 11 is 5.56. The number of aromatic nitrogens is 1. The Hall–Kier alpha value is -2.91. The number of rotatable bonds is 4. The summed E-state index contributed by atoms with van der Waals surface area (Å²) in [5, 5.41) is 2.27. The fraction of sp³-hybridized carbons (Fsp3) is 0.300. The molecule has 158 valence electrons. The fourth-order valence-electron chi connectivity index (χ4n) is 3.69. The van der Waals surface area contributed by atoms with Gasteiger partial charge in [0.25, 0.3) is 0 Å². The zero-order valence-electron chi connectivity index (χ0n) is 16.0. The number of hydrogen-bond acceptors (Lipinski definition) is 5. The molecule has 1 aliphatic rings. The molecule has 1 fully saturated rings. The summed E-state index contributed by atoms with van der Waals surface area (Å²) in [4.78, 5) is 30.0. The van der Waals surface area contributed by atoms with Crippen LogP contribution in [0.2, 0.25) is 5.02 Å². The number of nitrogens with one attached hydrogen (secondary N) is 2. The standard InChI is InChI=1S/C20H19ClF2N4O3/c1-11-9-26(4-5-27(11)13-7-14(22)19(21)15(23)8-13)10-18(28)24-12-2-3-16-17(6-12)30-20(29)25-16/h2-3,6-8,11H,4-5,9-10H2,1H3,(H,24,28)(H,25,29)/t11-/m1/s1. The molecular weight excluding hydrogens is 418 g/mol. The molecule has 0 spiro atoms. The highest BCUT2D eigenvalue weighted by molar-refractivity contribution is 6.31. The molecule has 0 radical (unpaired) electrons. The number of oxazole rings is 1. The molecule has 1 atom stereocenters. The van der Waals surface area contributed by atoms with Gasteiger partial charge >= 0.3 is 5.76 Å². The van der Waals surface area contributed by atoms with E-state index in [0.717, 1.165) is 0 Å². The van der Waals surface area contributed by atoms with Crippen LogP contribution in [0.3, 0.4) is 0 Å². The fourth-order valence-corrected chi connectivity index (χ4v) is 3.80. The molecule has 4 rings (SSSR count). The third-order valence-electron chi connectivity index (χ3n) is 5.08. The van der Waals surface area contributed by atoms with E-state index in [1.165, 1.54) is 12.1 Å². The van der Waals surface area contributed by atoms with E-state index in [1.54, 1.807) is 18.2 Å². The van der Waals surface area contributed by atoms with Crippen molar-refractivity contribution in [2.75, 3.05) is 36.4 Å². The number of nitrogens with zero attached hydrogens (tertiary/aromatic N) is 2. The van der Waals surface area contributed by atoms with Crippen molar-refractivity contribution in [3.63, 3.8) is 0 Å². The van der Waals surface area contributed by atoms with Crippen molar-refractivity contribution in [3.8, 4) is 0 Å². The highest BCUT2D eigenvalue weighted by Gasteiger charge is 2.26. The predicted octanol–water partition coefficient (Wildman–Crippen LogP) is 3.20. The summed E-state index contributed by atoms with van der Waals surface area (Å²) in [5.41, 5.74) is 1.86. The van der Waals surface area contributed by atoms with Crippen LogP contribution in [0.25, 0.3) is 11.1 Å². The van der Waals surface area contributed by atoms with E-state index < -0.39 is 22.4 Å². The van der Waals surface area contributed by atoms with Gasteiger partial charge in [0.15, 0.2) is 5.58 Å². The van der Waals surface area contributed by atoms with Gasteiger partial charge in [-0.1, -0.05) is 11.6 Å². The van der Waals surface area contributed by atoms with Gasteiger partial charge in [0, 0.05) is 43.1 Å². The van der Waals surface area contributed by atoms with Crippen LogP contribution in [-0.4, -0.2) is 48.0 Å². The minimum Gasteiger partial charge on any atom is -0.408 e. The predicted molar refractivity (Wildman–Crippen MR) is 110 cm³/mol. The summed E-state index contributed by atoms with van der Waals surface area (Å²) in [6.45, 7) is 3.70. The first-order valence-corrected chi connectivity index (χ1v) is 9.74. The van der Waals surface area contributed by atoms with Crippen LogP contribution >= 0.6 is 11.6 Å². The van der Waals surface area contributed by atoms with Crippen LogP contribution in [0.1, 0.15) is 6.92 Å². The molecule has 0 bridgehead atoms. The van der Waals surface area contributed by atoms with Gasteiger partial charge in [0.2, 0.25) is 5.91 Å². The van der Waals surface area contributed by atoms with E-state index in [-0.39, 0.29) is 18.5 Å². The minimum atomic E-state index is -0.795. The lowest BCUT2D eigenvalue weighted by Crippen LogP contribution is -2.53. The Morgan fingerprint density at radius 3 is 2.70 bits per heavy atom. The van der Waals surface area contributed by atoms with Crippen LogP contribution in [0.5, 0.6) is 0 Å². The number of amides is 1. The first-order valence-electron chi connectivity index (χ1n) is 9.36. The number of carbonyl (C=O) groups excluding carboxylic acids is 1. The molecule has 0 unspecified atom stereocenters. The first-order chi connectivity index (χ1) is 14.3. The zero-order valence-corrected chi connectivity index (χ0v) is 16.8. The maximum absolute atomic E-state index is 13.8. The largest absolute Gasteiger partial charge is 0.417 e. The molecule has 2 heterocycles. The number of H-pyrrole nitrogens is 1. The molecule has 2 N–H and O–H groups in total. The zero-order chi connectivity index (χ0) is 21.4. The molecule has 0 aliphatic carbocycles. The Bertz CT molecular complexity index is 1140. The smallest absolute Gasteiger partial charge is 0.408 e. The van der Waals surface area contributed by atoms with E-state index in [4.69, 9.17) is 16.0 Å². The number of aromatic amines is 1. The third-order valence-corrected chi connectivity index (χ3v) is 5.44. The van der Waals surface area contributed by atoms with E-state index in [0.29, 0.717) is 42.1 Å². The van der Waals surface area contributed by atoms with Crippen LogP contribution < -0.4 is 16.0 Å². The van der Waals surface area contributed by atoms with Crippen LogP contribution in [0.4, 0.5) is 20.2 Å². The molecule has 2 aromatic carbocycles. The van der Waals surface area contributed by atoms with Crippen LogP contribution in [-0.2, 0) is 4.79 Å². The maximum Gasteiger partial charge on any atom is 0.417 e. The second-order valence-corrected chi connectivity index (χ2v) is 7.65. The highest BCUT2D eigenvalue weighted by atomic mass is 35.5. The normalized spacial score (nSPS) is 17.5. The minimum absolute atomic E-state index is 0.0583. The molecule has 30 heavy (non-hydrogen) atoms. The molecule has 0 saturated carbocycles. The molecule has 3 aromatic rings. The molecule has 10 heteroatoms. The Morgan fingerprint density at radius 2 is 2.00 bits per heavy atom. The van der Waals surface area contributed by atoms with Gasteiger partial charge in [0.05, 0.1) is 12.1 Å². The Morgan fingerprint density at radius 1 is 1.27 bits per heavy atom. The van der Waals surface area contributed by atoms with Crippen molar-refractivity contribution in [1.29, 1.82) is 0 Å². The summed E-state index contributed by atoms with van der Waals surface area (Å²) in [5.74, 6) is -2.36. The Kier molecular flexibility index (Phi) is 5.48. The SMILES string of the molecule is C[C@@H]1CN(CC(=O)Nc2ccc3[nH]c(=O)oc3c2)CCN1c1cc(F)c(Cl)c(F)c1. The second kappa shape index (κ2) is 8.08. The molecule has 7 nitrogen and oxygen atoms in total. The van der Waals surface area contributed by atoms with Crippen molar-refractivity contribution in [1.82, 2.24) is 9.88 Å². The van der Waals surface area contributed by atoms with Gasteiger partial charge in [-0.3, -0.25) is 14.7 Å². The van der Waals surface area contributed by atoms with Gasteiger partial charge < -0.3 is 14.6 Å². The van der Waals surface area contributed by atoms with Crippen molar-refractivity contribution in [2.45, 2.75) is 13.0 Å². The Labute approximate surface area is 175 Å². The van der Waals surface area contributed by atoms with Gasteiger partial charge in [0.1, 0.15) is 16.7 Å². The summed E-state index contributed by atoms with van der Waals surface area (Å²) in [6.07, 6.45) is 0. The van der Waals surface area contributed by atoms with Crippen molar-refractivity contribution < 1.29 is 18.0 Å². The lowest BCUT2D eigenvalue weighted by molar-refractivity contribution is -0.117. The summed E-state index contributed by atoms with van der Waals surface area (Å²) in [7, 11) is 0. The van der Waals surface area contributed by atoms with E-state index in [1.807, 2.05) is 16.7 Å². The molecule has 1 aliphatic heterocycles. The van der Waals surface area contributed by atoms with Gasteiger partial charge in [-0.2, -0.15) is 0 Å². The van der Waals surface area contributed by atoms with Gasteiger partial charge in [-0.05, 0) is 31.2 Å². The Balaban J connectivity index is 1.37. The number of anilines is 2. The lowest BCUT2D eigenvalue weighted by atomic mass is 10.1. The highest BCUT2D eigenvalue weighted by Crippen LogP contribution is 2.28. The van der Waals surface area contributed by atoms with Crippen molar-refractivity contribution in [2.24, 2.45) is 0 Å². The van der Waals surface area contributed by atoms with E-state index >= 15 is 0 Å². The quantitative estimate of drug-likeness (QED) is 0.614. The topological polar surface area (TPSA) is 81.6 Å². The number of piperazine rings is 1. The number of halogens is 3. The first kappa shape index (κ1) is 20.4. The van der Waals surface area contributed by atoms with E-state index in [9.17, 15) is 18.4 Å². The number of fused-ring (bicyclic) bond motifs is 1. The third kappa shape index (κ3) is 4.17. The monoisotopic (exact) mass is 436 g/mol. The number of carbonyl (C=O) groups is 1. The summed E-state index contributed by atoms with van der Waals surface area (Å²) < 4.78 is 32.6. The molecule has 1 amide bonds. The number of benzene rings is 2. The molecule has 1 aromatic heterocycles. The average Bonchev–Trinajstić information content (AvgIpc) is 3.05. The van der Waals surface area contributed by atoms with Crippen molar-refractivity contribution in [3.05, 3.63) is 57.5 Å². The van der Waals surface area contributed by atoms with Gasteiger partial charge in [-0.15, -0.1) is 0 Å². The van der Waals surface area contributed by atoms with Gasteiger partial charge in [-0.25, -0.2) is 13.6 Å². The lowest BCUT2D eigenvalue weighted by Gasteiger charge is -2.41. The second-order valence-electron chi connectivity index (χ2n) is 7.27. The average molecular weight is 437 g/mol. The van der Waals surface area contributed by atoms with Crippen molar-refractivity contribution >= 4 is 40.0 Å². The maximum atomic E-state index is 13.8. The molecule has 1 saturated heterocycles. The molecular formula is C20H19ClF2N4O3. The van der Waals surface area contributed by atoms with Crippen LogP contribution in [0.15, 0.2) is 39.5 Å². The van der Waals surface area contributed by atoms with E-state index in [2.05, 4.69) is 10.3 Å². The number of hydrogen-bond donors (Lipinski definition) is 2.